The summed E-state index contributed by atoms with van der Waals surface area (Å²) in [6.45, 7) is 0. The molecule has 2 saturated carbocycles. The Morgan fingerprint density at radius 1 is 0.917 bits per heavy atom. The molecular formula is C21H23NO2. The van der Waals surface area contributed by atoms with Gasteiger partial charge < -0.3 is 4.74 Å². The average molecular weight is 321 g/mol. The van der Waals surface area contributed by atoms with E-state index < -0.39 is 0 Å². The zero-order valence-corrected chi connectivity index (χ0v) is 13.8. The van der Waals surface area contributed by atoms with E-state index in [0.29, 0.717) is 0 Å². The Morgan fingerprint density at radius 3 is 2.33 bits per heavy atom. The number of benzene rings is 2. The average Bonchev–Trinajstić information content (AvgIpc) is 3.17. The summed E-state index contributed by atoms with van der Waals surface area (Å²) < 4.78 is 5.69. The Morgan fingerprint density at radius 2 is 1.58 bits per heavy atom. The van der Waals surface area contributed by atoms with E-state index in [1.807, 2.05) is 54.6 Å². The maximum atomic E-state index is 12.3. The second kappa shape index (κ2) is 6.68. The minimum Gasteiger partial charge on any atom is -0.446 e. The predicted octanol–water partition coefficient (Wildman–Crippen LogP) is 5.48. The molecule has 124 valence electrons. The van der Waals surface area contributed by atoms with E-state index in [4.69, 9.17) is 4.74 Å². The number of hydrogen-bond donors (Lipinski definition) is 1. The number of carbonyl (C=O) groups is 1. The molecule has 3 atom stereocenters. The second-order valence-corrected chi connectivity index (χ2v) is 6.99. The molecule has 24 heavy (non-hydrogen) atoms. The lowest BCUT2D eigenvalue weighted by Crippen LogP contribution is -2.21. The molecule has 3 heteroatoms. The number of hydrogen-bond acceptors (Lipinski definition) is 2. The van der Waals surface area contributed by atoms with E-state index in [9.17, 15) is 4.79 Å². The molecule has 0 aromatic heterocycles. The quantitative estimate of drug-likeness (QED) is 0.813. The van der Waals surface area contributed by atoms with Crippen LogP contribution in [0.2, 0.25) is 0 Å². The number of amides is 1. The van der Waals surface area contributed by atoms with Gasteiger partial charge in [-0.05, 0) is 36.3 Å². The molecule has 2 fully saturated rings. The zero-order valence-electron chi connectivity index (χ0n) is 13.8. The summed E-state index contributed by atoms with van der Waals surface area (Å²) in [6.07, 6.45) is 5.80. The Hall–Kier alpha value is -2.29. The van der Waals surface area contributed by atoms with Crippen LogP contribution in [0.3, 0.4) is 0 Å². The molecule has 3 nitrogen and oxygen atoms in total. The van der Waals surface area contributed by atoms with Crippen LogP contribution in [0.25, 0.3) is 11.1 Å². The number of para-hydroxylation sites is 1. The van der Waals surface area contributed by atoms with Gasteiger partial charge in [-0.25, -0.2) is 4.79 Å². The monoisotopic (exact) mass is 321 g/mol. The lowest BCUT2D eigenvalue weighted by molar-refractivity contribution is 0.109. The van der Waals surface area contributed by atoms with Gasteiger partial charge in [-0.3, -0.25) is 5.32 Å². The van der Waals surface area contributed by atoms with Crippen molar-refractivity contribution in [3.63, 3.8) is 0 Å². The smallest absolute Gasteiger partial charge is 0.411 e. The summed E-state index contributed by atoms with van der Waals surface area (Å²) in [4.78, 5) is 12.3. The van der Waals surface area contributed by atoms with E-state index in [2.05, 4.69) is 5.32 Å². The summed E-state index contributed by atoms with van der Waals surface area (Å²) in [7, 11) is 0. The van der Waals surface area contributed by atoms with Crippen LogP contribution < -0.4 is 5.32 Å². The van der Waals surface area contributed by atoms with Gasteiger partial charge in [0.15, 0.2) is 0 Å². The fraction of sp³-hybridized carbons (Fsp3) is 0.381. The fourth-order valence-electron chi connectivity index (χ4n) is 4.35. The Labute approximate surface area is 143 Å². The topological polar surface area (TPSA) is 38.3 Å². The Bertz CT molecular complexity index is 701. The van der Waals surface area contributed by atoms with Gasteiger partial charge in [0.2, 0.25) is 0 Å². The lowest BCUT2D eigenvalue weighted by Gasteiger charge is -2.15. The number of carbonyl (C=O) groups excluding carboxylic acids is 1. The van der Waals surface area contributed by atoms with Crippen molar-refractivity contribution in [1.29, 1.82) is 0 Å². The summed E-state index contributed by atoms with van der Waals surface area (Å²) in [6, 6.07) is 17.9. The van der Waals surface area contributed by atoms with Crippen molar-refractivity contribution in [1.82, 2.24) is 0 Å². The van der Waals surface area contributed by atoms with Crippen LogP contribution in [0, 0.1) is 11.8 Å². The van der Waals surface area contributed by atoms with E-state index in [1.54, 1.807) is 0 Å². The van der Waals surface area contributed by atoms with Crippen LogP contribution in [0.5, 0.6) is 0 Å². The standard InChI is InChI=1S/C21H23NO2/c23-21(24-18-13-16-9-6-10-17(16)14-18)22-20-12-5-4-11-19(20)15-7-2-1-3-8-15/h1-5,7-8,11-12,16-18H,6,9-10,13-14H2,(H,22,23)/t16-,17+,18+. The molecule has 1 amide bonds. The molecule has 0 unspecified atom stereocenters. The Balaban J connectivity index is 1.43. The van der Waals surface area contributed by atoms with Crippen LogP contribution in [0.4, 0.5) is 10.5 Å². The first-order valence-electron chi connectivity index (χ1n) is 8.91. The van der Waals surface area contributed by atoms with Crippen molar-refractivity contribution in [2.45, 2.75) is 38.2 Å². The third-order valence-corrected chi connectivity index (χ3v) is 5.47. The highest BCUT2D eigenvalue weighted by Crippen LogP contribution is 2.45. The lowest BCUT2D eigenvalue weighted by atomic mass is 10.0. The highest BCUT2D eigenvalue weighted by Gasteiger charge is 2.38. The zero-order chi connectivity index (χ0) is 16.4. The summed E-state index contributed by atoms with van der Waals surface area (Å²) >= 11 is 0. The molecule has 0 aliphatic heterocycles. The first-order chi connectivity index (χ1) is 11.8. The third-order valence-electron chi connectivity index (χ3n) is 5.47. The van der Waals surface area contributed by atoms with Crippen molar-refractivity contribution >= 4 is 11.8 Å². The number of ether oxygens (including phenoxy) is 1. The minimum atomic E-state index is -0.330. The SMILES string of the molecule is O=C(Nc1ccccc1-c1ccccc1)O[C@H]1C[C@H]2CCC[C@H]2C1. The van der Waals surface area contributed by atoms with E-state index >= 15 is 0 Å². The highest BCUT2D eigenvalue weighted by molar-refractivity contribution is 5.91. The molecule has 1 N–H and O–H groups in total. The molecule has 2 aliphatic carbocycles. The molecule has 2 aliphatic rings. The largest absolute Gasteiger partial charge is 0.446 e. The predicted molar refractivity (Wildman–Crippen MR) is 95.8 cm³/mol. The van der Waals surface area contributed by atoms with Gasteiger partial charge in [-0.15, -0.1) is 0 Å². The van der Waals surface area contributed by atoms with E-state index in [0.717, 1.165) is 41.5 Å². The van der Waals surface area contributed by atoms with Gasteiger partial charge in [-0.2, -0.15) is 0 Å². The van der Waals surface area contributed by atoms with Gasteiger partial charge in [0.25, 0.3) is 0 Å². The number of anilines is 1. The molecule has 0 bridgehead atoms. The van der Waals surface area contributed by atoms with Crippen molar-refractivity contribution < 1.29 is 9.53 Å². The Kier molecular flexibility index (Phi) is 4.24. The van der Waals surface area contributed by atoms with Gasteiger partial charge in [-0.1, -0.05) is 67.8 Å². The molecule has 4 rings (SSSR count). The number of rotatable bonds is 3. The van der Waals surface area contributed by atoms with Gasteiger partial charge in [0, 0.05) is 5.56 Å². The van der Waals surface area contributed by atoms with Crippen molar-refractivity contribution in [2.75, 3.05) is 5.32 Å². The molecular weight excluding hydrogens is 298 g/mol. The maximum absolute atomic E-state index is 12.3. The molecule has 2 aromatic rings. The summed E-state index contributed by atoms with van der Waals surface area (Å²) in [5.74, 6) is 1.55. The van der Waals surface area contributed by atoms with Crippen LogP contribution in [0.1, 0.15) is 32.1 Å². The maximum Gasteiger partial charge on any atom is 0.411 e. The first-order valence-corrected chi connectivity index (χ1v) is 8.91. The van der Waals surface area contributed by atoms with Crippen LogP contribution in [-0.4, -0.2) is 12.2 Å². The molecule has 0 spiro atoms. The summed E-state index contributed by atoms with van der Waals surface area (Å²) in [5.41, 5.74) is 2.90. The van der Waals surface area contributed by atoms with Crippen LogP contribution >= 0.6 is 0 Å². The third kappa shape index (κ3) is 3.16. The fourth-order valence-corrected chi connectivity index (χ4v) is 4.35. The van der Waals surface area contributed by atoms with Crippen LogP contribution in [-0.2, 0) is 4.74 Å². The van der Waals surface area contributed by atoms with Crippen molar-refractivity contribution in [3.05, 3.63) is 54.6 Å². The summed E-state index contributed by atoms with van der Waals surface area (Å²) in [5, 5.41) is 2.94. The minimum absolute atomic E-state index is 0.0872. The number of fused-ring (bicyclic) bond motifs is 1. The van der Waals surface area contributed by atoms with E-state index in [1.165, 1.54) is 19.3 Å². The number of nitrogens with one attached hydrogen (secondary N) is 1. The molecule has 0 saturated heterocycles. The van der Waals surface area contributed by atoms with Crippen molar-refractivity contribution in [2.24, 2.45) is 11.8 Å². The molecule has 0 radical (unpaired) electrons. The van der Waals surface area contributed by atoms with Gasteiger partial charge in [0.05, 0.1) is 5.69 Å². The van der Waals surface area contributed by atoms with Gasteiger partial charge in [0.1, 0.15) is 6.10 Å². The van der Waals surface area contributed by atoms with Crippen LogP contribution in [0.15, 0.2) is 54.6 Å². The second-order valence-electron chi connectivity index (χ2n) is 6.99. The van der Waals surface area contributed by atoms with E-state index in [-0.39, 0.29) is 12.2 Å². The normalized spacial score (nSPS) is 25.2. The molecule has 2 aromatic carbocycles. The van der Waals surface area contributed by atoms with Crippen molar-refractivity contribution in [3.8, 4) is 11.1 Å². The first kappa shape index (κ1) is 15.3. The molecule has 0 heterocycles. The highest BCUT2D eigenvalue weighted by atomic mass is 16.6. The van der Waals surface area contributed by atoms with Gasteiger partial charge >= 0.3 is 6.09 Å².